The van der Waals surface area contributed by atoms with Gasteiger partial charge in [0.1, 0.15) is 11.4 Å². The Morgan fingerprint density at radius 3 is 2.90 bits per heavy atom. The van der Waals surface area contributed by atoms with Crippen LogP contribution in [-0.4, -0.2) is 33.6 Å². The molecular formula is C16H20N2O2S. The zero-order chi connectivity index (χ0) is 15.2. The number of hydrogen-bond acceptors (Lipinski definition) is 4. The maximum Gasteiger partial charge on any atom is 0.339 e. The molecule has 0 fully saturated rings. The van der Waals surface area contributed by atoms with Crippen LogP contribution in [0.25, 0.3) is 10.9 Å². The van der Waals surface area contributed by atoms with Crippen molar-refractivity contribution in [3.05, 3.63) is 35.9 Å². The van der Waals surface area contributed by atoms with Crippen LogP contribution in [0.5, 0.6) is 0 Å². The molecule has 0 spiro atoms. The molecule has 4 nitrogen and oxygen atoms in total. The summed E-state index contributed by atoms with van der Waals surface area (Å²) in [6.45, 7) is 4.19. The lowest BCUT2D eigenvalue weighted by molar-refractivity contribution is 0.0697. The topological polar surface area (TPSA) is 62.2 Å². The highest BCUT2D eigenvalue weighted by molar-refractivity contribution is 7.99. The Hall–Kier alpha value is -1.75. The molecule has 0 amide bonds. The minimum atomic E-state index is -0.953. The van der Waals surface area contributed by atoms with E-state index in [2.05, 4.69) is 24.1 Å². The molecule has 0 aliphatic carbocycles. The van der Waals surface area contributed by atoms with Crippen molar-refractivity contribution in [3.8, 4) is 0 Å². The summed E-state index contributed by atoms with van der Waals surface area (Å²) in [5.74, 6) is 1.66. The summed E-state index contributed by atoms with van der Waals surface area (Å²) in [5, 5.41) is 13.4. The van der Waals surface area contributed by atoms with E-state index in [1.165, 1.54) is 0 Å². The van der Waals surface area contributed by atoms with Crippen LogP contribution in [0, 0.1) is 0 Å². The first-order valence-corrected chi connectivity index (χ1v) is 8.24. The Kier molecular flexibility index (Phi) is 5.44. The second kappa shape index (κ2) is 7.31. The van der Waals surface area contributed by atoms with E-state index in [1.807, 2.05) is 36.0 Å². The summed E-state index contributed by atoms with van der Waals surface area (Å²) < 4.78 is 0. The molecule has 0 saturated heterocycles. The molecular weight excluding hydrogens is 284 g/mol. The zero-order valence-electron chi connectivity index (χ0n) is 12.3. The van der Waals surface area contributed by atoms with Gasteiger partial charge in [-0.2, -0.15) is 11.8 Å². The first-order valence-electron chi connectivity index (χ1n) is 7.09. The Morgan fingerprint density at radius 2 is 2.19 bits per heavy atom. The molecule has 0 bridgehead atoms. The first-order chi connectivity index (χ1) is 10.1. The minimum Gasteiger partial charge on any atom is -0.478 e. The van der Waals surface area contributed by atoms with Crippen LogP contribution >= 0.6 is 11.8 Å². The fourth-order valence-electron chi connectivity index (χ4n) is 2.10. The number of carbonyl (C=O) groups is 1. The largest absolute Gasteiger partial charge is 0.478 e. The maximum absolute atomic E-state index is 11.4. The molecule has 112 valence electrons. The third-order valence-corrected chi connectivity index (χ3v) is 4.17. The van der Waals surface area contributed by atoms with Crippen molar-refractivity contribution in [3.63, 3.8) is 0 Å². The van der Waals surface area contributed by atoms with Gasteiger partial charge in [-0.3, -0.25) is 0 Å². The van der Waals surface area contributed by atoms with Crippen molar-refractivity contribution in [1.82, 2.24) is 4.98 Å². The molecule has 1 heterocycles. The number of carboxylic acid groups (broad SMARTS) is 1. The number of aromatic carboxylic acids is 1. The molecule has 2 aromatic rings. The van der Waals surface area contributed by atoms with Crippen LogP contribution in [-0.2, 0) is 0 Å². The number of rotatable bonds is 7. The van der Waals surface area contributed by atoms with E-state index in [0.717, 1.165) is 28.8 Å². The van der Waals surface area contributed by atoms with Gasteiger partial charge >= 0.3 is 5.97 Å². The fourth-order valence-corrected chi connectivity index (χ4v) is 2.91. The first kappa shape index (κ1) is 15.6. The molecule has 21 heavy (non-hydrogen) atoms. The number of pyridine rings is 1. The van der Waals surface area contributed by atoms with Gasteiger partial charge in [0, 0.05) is 11.4 Å². The number of anilines is 1. The quantitative estimate of drug-likeness (QED) is 0.760. The Labute approximate surface area is 129 Å². The van der Waals surface area contributed by atoms with Gasteiger partial charge in [-0.05, 0) is 37.0 Å². The summed E-state index contributed by atoms with van der Waals surface area (Å²) in [4.78, 5) is 15.9. The van der Waals surface area contributed by atoms with Crippen molar-refractivity contribution >= 4 is 34.5 Å². The minimum absolute atomic E-state index is 0.191. The van der Waals surface area contributed by atoms with E-state index < -0.39 is 5.97 Å². The van der Waals surface area contributed by atoms with Crippen LogP contribution < -0.4 is 5.32 Å². The number of fused-ring (bicyclic) bond motifs is 1. The molecule has 0 radical (unpaired) electrons. The van der Waals surface area contributed by atoms with Crippen LogP contribution in [0.3, 0.4) is 0 Å². The summed E-state index contributed by atoms with van der Waals surface area (Å²) in [7, 11) is 0. The molecule has 0 aliphatic heterocycles. The number of nitrogens with zero attached hydrogens (tertiary/aromatic N) is 1. The van der Waals surface area contributed by atoms with Crippen molar-refractivity contribution < 1.29 is 9.90 Å². The summed E-state index contributed by atoms with van der Waals surface area (Å²) in [6.07, 6.45) is 0.978. The van der Waals surface area contributed by atoms with Gasteiger partial charge < -0.3 is 10.4 Å². The summed E-state index contributed by atoms with van der Waals surface area (Å²) in [6, 6.07) is 9.43. The second-order valence-electron chi connectivity index (χ2n) is 4.91. The van der Waals surface area contributed by atoms with E-state index in [0.29, 0.717) is 5.82 Å². The highest BCUT2D eigenvalue weighted by Gasteiger charge is 2.15. The molecule has 1 atom stereocenters. The standard InChI is InChI=1S/C16H20N2O2S/c1-3-21-9-8-11(2)17-15-13(16(19)20)10-12-6-4-5-7-14(12)18-15/h4-7,10-11H,3,8-9H2,1-2H3,(H,17,18)(H,19,20). The molecule has 0 saturated carbocycles. The van der Waals surface area contributed by atoms with Gasteiger partial charge in [-0.1, -0.05) is 25.1 Å². The van der Waals surface area contributed by atoms with Crippen molar-refractivity contribution in [2.24, 2.45) is 0 Å². The molecule has 0 aliphatic rings. The van der Waals surface area contributed by atoms with Gasteiger partial charge in [-0.15, -0.1) is 0 Å². The highest BCUT2D eigenvalue weighted by atomic mass is 32.2. The monoisotopic (exact) mass is 304 g/mol. The smallest absolute Gasteiger partial charge is 0.339 e. The van der Waals surface area contributed by atoms with E-state index >= 15 is 0 Å². The maximum atomic E-state index is 11.4. The third-order valence-electron chi connectivity index (χ3n) is 3.24. The lowest BCUT2D eigenvalue weighted by atomic mass is 10.1. The number of carboxylic acids is 1. The molecule has 1 aromatic heterocycles. The molecule has 1 aromatic carbocycles. The normalized spacial score (nSPS) is 12.3. The van der Waals surface area contributed by atoms with E-state index in [9.17, 15) is 9.90 Å². The molecule has 2 N–H and O–H groups in total. The summed E-state index contributed by atoms with van der Waals surface area (Å²) >= 11 is 1.88. The molecule has 5 heteroatoms. The SMILES string of the molecule is CCSCCC(C)Nc1nc2ccccc2cc1C(=O)O. The van der Waals surface area contributed by atoms with Gasteiger partial charge in [0.25, 0.3) is 0 Å². The van der Waals surface area contributed by atoms with Crippen molar-refractivity contribution in [2.45, 2.75) is 26.3 Å². The van der Waals surface area contributed by atoms with E-state index in [4.69, 9.17) is 0 Å². The number of thioether (sulfide) groups is 1. The highest BCUT2D eigenvalue weighted by Crippen LogP contribution is 2.21. The predicted molar refractivity (Wildman–Crippen MR) is 89.4 cm³/mol. The number of hydrogen-bond donors (Lipinski definition) is 2. The van der Waals surface area contributed by atoms with E-state index in [-0.39, 0.29) is 11.6 Å². The Balaban J connectivity index is 2.24. The van der Waals surface area contributed by atoms with Gasteiger partial charge in [-0.25, -0.2) is 9.78 Å². The third kappa shape index (κ3) is 4.11. The fraction of sp³-hybridized carbons (Fsp3) is 0.375. The van der Waals surface area contributed by atoms with Gasteiger partial charge in [0.15, 0.2) is 0 Å². The number of aromatic nitrogens is 1. The Morgan fingerprint density at radius 1 is 1.43 bits per heavy atom. The lowest BCUT2D eigenvalue weighted by Crippen LogP contribution is -2.19. The molecule has 2 rings (SSSR count). The Bertz CT molecular complexity index is 631. The van der Waals surface area contributed by atoms with Crippen LogP contribution in [0.15, 0.2) is 30.3 Å². The van der Waals surface area contributed by atoms with Crippen LogP contribution in [0.1, 0.15) is 30.6 Å². The second-order valence-corrected chi connectivity index (χ2v) is 6.31. The van der Waals surface area contributed by atoms with Gasteiger partial charge in [0.2, 0.25) is 0 Å². The number of nitrogens with one attached hydrogen (secondary N) is 1. The van der Waals surface area contributed by atoms with Crippen LogP contribution in [0.2, 0.25) is 0 Å². The number of benzene rings is 1. The van der Waals surface area contributed by atoms with E-state index in [1.54, 1.807) is 6.07 Å². The van der Waals surface area contributed by atoms with Crippen LogP contribution in [0.4, 0.5) is 5.82 Å². The number of para-hydroxylation sites is 1. The van der Waals surface area contributed by atoms with Crippen molar-refractivity contribution in [2.75, 3.05) is 16.8 Å². The van der Waals surface area contributed by atoms with Crippen molar-refractivity contribution in [1.29, 1.82) is 0 Å². The average Bonchev–Trinajstić information content (AvgIpc) is 2.46. The lowest BCUT2D eigenvalue weighted by Gasteiger charge is -2.16. The summed E-state index contributed by atoms with van der Waals surface area (Å²) in [5.41, 5.74) is 1.03. The average molecular weight is 304 g/mol. The molecule has 1 unspecified atom stereocenters. The zero-order valence-corrected chi connectivity index (χ0v) is 13.1. The predicted octanol–water partition coefficient (Wildman–Crippen LogP) is 3.88. The van der Waals surface area contributed by atoms with Gasteiger partial charge in [0.05, 0.1) is 5.52 Å².